The monoisotopic (exact) mass is 248 g/mol. The zero-order chi connectivity index (χ0) is 12.9. The molecule has 0 aromatic heterocycles. The van der Waals surface area contributed by atoms with E-state index in [0.717, 1.165) is 0 Å². The van der Waals surface area contributed by atoms with Crippen LogP contribution in [0.3, 0.4) is 0 Å². The number of rotatable bonds is 6. The third-order valence-electron chi connectivity index (χ3n) is 2.38. The van der Waals surface area contributed by atoms with Crippen LogP contribution in [0.1, 0.15) is 27.2 Å². The fourth-order valence-corrected chi connectivity index (χ4v) is 2.50. The molecule has 3 atom stereocenters. The van der Waals surface area contributed by atoms with Crippen molar-refractivity contribution < 1.29 is 18.3 Å². The highest BCUT2D eigenvalue weighted by atomic mass is 32.2. The maximum absolute atomic E-state index is 11.6. The van der Waals surface area contributed by atoms with Crippen molar-refractivity contribution in [2.24, 2.45) is 5.92 Å². The van der Waals surface area contributed by atoms with Crippen LogP contribution in [-0.4, -0.2) is 30.8 Å². The van der Waals surface area contributed by atoms with Crippen molar-refractivity contribution in [2.45, 2.75) is 38.5 Å². The van der Waals surface area contributed by atoms with E-state index in [0.29, 0.717) is 0 Å². The van der Waals surface area contributed by atoms with Gasteiger partial charge < -0.3 is 5.11 Å². The molecule has 0 fully saturated rings. The van der Waals surface area contributed by atoms with Gasteiger partial charge >= 0.3 is 5.97 Å². The van der Waals surface area contributed by atoms with Crippen LogP contribution in [-0.2, 0) is 14.8 Å². The third-order valence-corrected chi connectivity index (χ3v) is 4.27. The topological polar surface area (TPSA) is 107 Å². The fourth-order valence-electron chi connectivity index (χ4n) is 1.04. The Morgan fingerprint density at radius 2 is 2.00 bits per heavy atom. The van der Waals surface area contributed by atoms with Gasteiger partial charge in [0.1, 0.15) is 0 Å². The van der Waals surface area contributed by atoms with Crippen molar-refractivity contribution in [2.75, 3.05) is 0 Å². The minimum absolute atomic E-state index is 0.167. The second kappa shape index (κ2) is 5.82. The highest BCUT2D eigenvalue weighted by Gasteiger charge is 2.29. The van der Waals surface area contributed by atoms with Gasteiger partial charge in [-0.05, 0) is 13.3 Å². The van der Waals surface area contributed by atoms with Gasteiger partial charge in [0.25, 0.3) is 0 Å². The van der Waals surface area contributed by atoms with Crippen molar-refractivity contribution in [3.8, 4) is 6.07 Å². The molecule has 0 radical (unpaired) electrons. The van der Waals surface area contributed by atoms with E-state index in [1.807, 2.05) is 0 Å². The second-order valence-corrected chi connectivity index (χ2v) is 5.50. The second-order valence-electron chi connectivity index (χ2n) is 3.60. The molecule has 0 saturated heterocycles. The summed E-state index contributed by atoms with van der Waals surface area (Å²) in [4.78, 5) is 10.6. The lowest BCUT2D eigenvalue weighted by molar-refractivity contribution is -0.141. The smallest absolute Gasteiger partial charge is 0.307 e. The van der Waals surface area contributed by atoms with E-state index in [-0.39, 0.29) is 6.42 Å². The molecule has 0 aromatic rings. The zero-order valence-electron chi connectivity index (χ0n) is 9.47. The lowest BCUT2D eigenvalue weighted by Gasteiger charge is -2.19. The number of nitriles is 1. The molecule has 0 aliphatic heterocycles. The van der Waals surface area contributed by atoms with Gasteiger partial charge in [0.2, 0.25) is 10.0 Å². The number of carboxylic acid groups (broad SMARTS) is 1. The third kappa shape index (κ3) is 3.79. The molecule has 0 saturated carbocycles. The van der Waals surface area contributed by atoms with E-state index >= 15 is 0 Å². The number of carbonyl (C=O) groups is 1. The molecule has 0 bridgehead atoms. The minimum Gasteiger partial charge on any atom is -0.481 e. The van der Waals surface area contributed by atoms with Crippen LogP contribution in [0, 0.1) is 17.2 Å². The highest BCUT2D eigenvalue weighted by molar-refractivity contribution is 7.90. The number of nitrogens with zero attached hydrogens (tertiary/aromatic N) is 1. The first-order chi connectivity index (χ1) is 7.26. The molecular weight excluding hydrogens is 232 g/mol. The first-order valence-corrected chi connectivity index (χ1v) is 6.44. The lowest BCUT2D eigenvalue weighted by Crippen LogP contribution is -2.43. The molecule has 0 aliphatic rings. The Kier molecular flexibility index (Phi) is 5.41. The fraction of sp³-hybridized carbons (Fsp3) is 0.778. The van der Waals surface area contributed by atoms with Gasteiger partial charge in [-0.3, -0.25) is 4.79 Å². The maximum Gasteiger partial charge on any atom is 0.307 e. The van der Waals surface area contributed by atoms with Gasteiger partial charge in [0.05, 0.1) is 12.0 Å². The van der Waals surface area contributed by atoms with Crippen LogP contribution in [0.4, 0.5) is 0 Å². The summed E-state index contributed by atoms with van der Waals surface area (Å²) in [6, 6.07) is 0.922. The number of carboxylic acids is 1. The summed E-state index contributed by atoms with van der Waals surface area (Å²) in [5.74, 6) is -1.92. The summed E-state index contributed by atoms with van der Waals surface area (Å²) >= 11 is 0. The summed E-state index contributed by atoms with van der Waals surface area (Å²) < 4.78 is 25.4. The van der Waals surface area contributed by atoms with E-state index in [4.69, 9.17) is 10.4 Å². The molecule has 0 aromatic carbocycles. The van der Waals surface area contributed by atoms with Gasteiger partial charge in [-0.2, -0.15) is 5.26 Å². The summed E-state index contributed by atoms with van der Waals surface area (Å²) in [7, 11) is -3.77. The van der Waals surface area contributed by atoms with Gasteiger partial charge in [-0.15, -0.1) is 0 Å². The number of hydrogen-bond acceptors (Lipinski definition) is 4. The maximum atomic E-state index is 11.6. The molecule has 0 rings (SSSR count). The van der Waals surface area contributed by atoms with Gasteiger partial charge in [0.15, 0.2) is 5.25 Å². The van der Waals surface area contributed by atoms with Crippen LogP contribution in [0.25, 0.3) is 0 Å². The number of nitrogens with one attached hydrogen (secondary N) is 1. The molecule has 6 nitrogen and oxygen atoms in total. The largest absolute Gasteiger partial charge is 0.481 e. The van der Waals surface area contributed by atoms with Crippen LogP contribution in [0.15, 0.2) is 0 Å². The normalized spacial score (nSPS) is 17.1. The Hall–Kier alpha value is -1.13. The van der Waals surface area contributed by atoms with Crippen molar-refractivity contribution in [1.82, 2.24) is 4.72 Å². The molecular formula is C9H16N2O4S. The van der Waals surface area contributed by atoms with Crippen molar-refractivity contribution in [1.29, 1.82) is 5.26 Å². The first-order valence-electron chi connectivity index (χ1n) is 4.89. The van der Waals surface area contributed by atoms with Crippen LogP contribution in [0.2, 0.25) is 0 Å². The Morgan fingerprint density at radius 3 is 2.31 bits per heavy atom. The van der Waals surface area contributed by atoms with E-state index < -0.39 is 33.2 Å². The first kappa shape index (κ1) is 14.9. The Labute approximate surface area is 95.3 Å². The summed E-state index contributed by atoms with van der Waals surface area (Å²) in [6.45, 7) is 4.45. The predicted molar refractivity (Wildman–Crippen MR) is 58.0 cm³/mol. The zero-order valence-corrected chi connectivity index (χ0v) is 10.3. The van der Waals surface area contributed by atoms with E-state index in [9.17, 15) is 13.2 Å². The van der Waals surface area contributed by atoms with Crippen molar-refractivity contribution >= 4 is 16.0 Å². The number of sulfonamides is 1. The Balaban J connectivity index is 4.74. The molecule has 7 heteroatoms. The average Bonchev–Trinajstić information content (AvgIpc) is 2.16. The Morgan fingerprint density at radius 1 is 1.50 bits per heavy atom. The van der Waals surface area contributed by atoms with E-state index in [1.165, 1.54) is 13.8 Å². The minimum atomic E-state index is -3.77. The average molecular weight is 248 g/mol. The van der Waals surface area contributed by atoms with Gasteiger partial charge in [-0.1, -0.05) is 13.8 Å². The summed E-state index contributed by atoms with van der Waals surface area (Å²) in [5.41, 5.74) is 0. The quantitative estimate of drug-likeness (QED) is 0.703. The molecule has 16 heavy (non-hydrogen) atoms. The van der Waals surface area contributed by atoms with Crippen molar-refractivity contribution in [3.63, 3.8) is 0 Å². The summed E-state index contributed by atoms with van der Waals surface area (Å²) in [6.07, 6.45) is 0.167. The lowest BCUT2D eigenvalue weighted by atomic mass is 10.1. The van der Waals surface area contributed by atoms with Gasteiger partial charge in [-0.25, -0.2) is 13.1 Å². The molecule has 2 N–H and O–H groups in total. The molecule has 92 valence electrons. The van der Waals surface area contributed by atoms with Crippen LogP contribution >= 0.6 is 0 Å². The van der Waals surface area contributed by atoms with Crippen LogP contribution < -0.4 is 4.72 Å². The van der Waals surface area contributed by atoms with Crippen LogP contribution in [0.5, 0.6) is 0 Å². The summed E-state index contributed by atoms with van der Waals surface area (Å²) in [5, 5.41) is 16.2. The molecule has 3 unspecified atom stereocenters. The SMILES string of the molecule is CCC(C#N)S(=O)(=O)NC(C)C(C)C(=O)O. The predicted octanol–water partition coefficient (Wildman–Crippen LogP) is 0.317. The Bertz CT molecular complexity index is 385. The molecule has 0 amide bonds. The molecule has 0 spiro atoms. The standard InChI is InChI=1S/C9H16N2O4S/c1-4-8(5-10)16(14,15)11-7(3)6(2)9(12)13/h6-8,11H,4H2,1-3H3,(H,12,13). The highest BCUT2D eigenvalue weighted by Crippen LogP contribution is 2.08. The molecule has 0 aliphatic carbocycles. The number of aliphatic carboxylic acids is 1. The van der Waals surface area contributed by atoms with E-state index in [2.05, 4.69) is 4.72 Å². The van der Waals surface area contributed by atoms with Crippen molar-refractivity contribution in [3.05, 3.63) is 0 Å². The van der Waals surface area contributed by atoms with E-state index in [1.54, 1.807) is 13.0 Å². The molecule has 0 heterocycles. The number of hydrogen-bond donors (Lipinski definition) is 2. The van der Waals surface area contributed by atoms with Gasteiger partial charge in [0, 0.05) is 6.04 Å².